The highest BCUT2D eigenvalue weighted by Crippen LogP contribution is 2.19. The van der Waals surface area contributed by atoms with Gasteiger partial charge in [-0.3, -0.25) is 0 Å². The van der Waals surface area contributed by atoms with Gasteiger partial charge in [0.2, 0.25) is 0 Å². The summed E-state index contributed by atoms with van der Waals surface area (Å²) in [5.74, 6) is 0.700. The van der Waals surface area contributed by atoms with Crippen LogP contribution in [-0.2, 0) is 19.4 Å². The summed E-state index contributed by atoms with van der Waals surface area (Å²) < 4.78 is 0. The normalized spacial score (nSPS) is 10.5. The molecule has 90 valence electrons. The number of nitrogens with zero attached hydrogens (tertiary/aromatic N) is 2. The molecule has 0 atom stereocenters. The van der Waals surface area contributed by atoms with E-state index in [9.17, 15) is 0 Å². The maximum atomic E-state index is 8.78. The molecule has 5 heteroatoms. The summed E-state index contributed by atoms with van der Waals surface area (Å²) in [6.45, 7) is 5.13. The van der Waals surface area contributed by atoms with Gasteiger partial charge >= 0.3 is 0 Å². The van der Waals surface area contributed by atoms with Gasteiger partial charge in [0.15, 0.2) is 5.82 Å². The van der Waals surface area contributed by atoms with Gasteiger partial charge in [-0.25, -0.2) is 0 Å². The Balaban J connectivity index is 3.10. The fraction of sp³-hybridized carbons (Fsp3) is 0.636. The van der Waals surface area contributed by atoms with Crippen molar-refractivity contribution >= 4 is 5.82 Å². The summed E-state index contributed by atoms with van der Waals surface area (Å²) in [4.78, 5) is 0. The Morgan fingerprint density at radius 2 is 1.94 bits per heavy atom. The van der Waals surface area contributed by atoms with Crippen LogP contribution in [0.15, 0.2) is 0 Å². The fourth-order valence-electron chi connectivity index (χ4n) is 1.79. The summed E-state index contributed by atoms with van der Waals surface area (Å²) in [6, 6.07) is 0. The summed E-state index contributed by atoms with van der Waals surface area (Å²) in [7, 11) is 0. The van der Waals surface area contributed by atoms with Crippen molar-refractivity contribution in [2.45, 2.75) is 33.2 Å². The molecule has 0 unspecified atom stereocenters. The molecule has 0 aromatic carbocycles. The minimum Gasteiger partial charge on any atom is -0.395 e. The van der Waals surface area contributed by atoms with E-state index in [1.165, 1.54) is 5.56 Å². The zero-order valence-corrected chi connectivity index (χ0v) is 9.95. The Hall–Kier alpha value is -1.20. The van der Waals surface area contributed by atoms with E-state index in [-0.39, 0.29) is 6.61 Å². The molecule has 0 amide bonds. The standard InChI is InChI=1S/C11H20N4O/c1-3-8-9(7-12)11(13-5-6-16)15-14-10(8)4-2/h16H,3-7,12H2,1-2H3,(H,13,15). The molecule has 0 aliphatic heterocycles. The minimum absolute atomic E-state index is 0.0721. The Labute approximate surface area is 96.1 Å². The largest absolute Gasteiger partial charge is 0.395 e. The zero-order chi connectivity index (χ0) is 12.0. The summed E-state index contributed by atoms with van der Waals surface area (Å²) in [6.07, 6.45) is 1.77. The molecule has 16 heavy (non-hydrogen) atoms. The first-order valence-corrected chi connectivity index (χ1v) is 5.70. The molecule has 0 bridgehead atoms. The van der Waals surface area contributed by atoms with Gasteiger partial charge in [0.05, 0.1) is 12.3 Å². The average molecular weight is 224 g/mol. The lowest BCUT2D eigenvalue weighted by atomic mass is 10.0. The lowest BCUT2D eigenvalue weighted by Crippen LogP contribution is -2.16. The van der Waals surface area contributed by atoms with Crippen LogP contribution in [-0.4, -0.2) is 28.5 Å². The summed E-state index contributed by atoms with van der Waals surface area (Å²) >= 11 is 0. The molecule has 1 rings (SSSR count). The quantitative estimate of drug-likeness (QED) is 0.654. The predicted molar refractivity (Wildman–Crippen MR) is 64.3 cm³/mol. The Kier molecular flexibility index (Phi) is 5.14. The van der Waals surface area contributed by atoms with E-state index in [1.54, 1.807) is 0 Å². The van der Waals surface area contributed by atoms with Crippen LogP contribution in [0.5, 0.6) is 0 Å². The van der Waals surface area contributed by atoms with Gasteiger partial charge in [0, 0.05) is 18.7 Å². The van der Waals surface area contributed by atoms with Crippen molar-refractivity contribution in [1.82, 2.24) is 10.2 Å². The fourth-order valence-corrected chi connectivity index (χ4v) is 1.79. The number of aryl methyl sites for hydroxylation is 1. The second kappa shape index (κ2) is 6.40. The Morgan fingerprint density at radius 1 is 1.19 bits per heavy atom. The van der Waals surface area contributed by atoms with E-state index in [1.807, 2.05) is 0 Å². The van der Waals surface area contributed by atoms with E-state index < -0.39 is 0 Å². The van der Waals surface area contributed by atoms with Gasteiger partial charge in [0.25, 0.3) is 0 Å². The van der Waals surface area contributed by atoms with Gasteiger partial charge in [-0.1, -0.05) is 13.8 Å². The van der Waals surface area contributed by atoms with E-state index >= 15 is 0 Å². The Bertz CT molecular complexity index is 341. The molecule has 0 aliphatic rings. The molecule has 5 nitrogen and oxygen atoms in total. The molecule has 1 aromatic rings. The van der Waals surface area contributed by atoms with E-state index in [2.05, 4.69) is 29.4 Å². The van der Waals surface area contributed by atoms with Crippen LogP contribution in [0.3, 0.4) is 0 Å². The zero-order valence-electron chi connectivity index (χ0n) is 9.95. The van der Waals surface area contributed by atoms with Crippen LogP contribution in [0, 0.1) is 0 Å². The molecule has 0 aliphatic carbocycles. The van der Waals surface area contributed by atoms with Crippen molar-refractivity contribution in [3.05, 3.63) is 16.8 Å². The average Bonchev–Trinajstić information content (AvgIpc) is 2.34. The number of anilines is 1. The van der Waals surface area contributed by atoms with E-state index in [0.29, 0.717) is 18.9 Å². The maximum Gasteiger partial charge on any atom is 0.153 e. The van der Waals surface area contributed by atoms with Crippen molar-refractivity contribution in [3.8, 4) is 0 Å². The highest BCUT2D eigenvalue weighted by molar-refractivity contribution is 5.49. The minimum atomic E-state index is 0.0721. The van der Waals surface area contributed by atoms with Gasteiger partial charge in [-0.2, -0.15) is 5.10 Å². The molecule has 0 saturated carbocycles. The second-order valence-electron chi connectivity index (χ2n) is 3.51. The molecule has 1 heterocycles. The van der Waals surface area contributed by atoms with Crippen LogP contribution in [0.25, 0.3) is 0 Å². The van der Waals surface area contributed by atoms with Gasteiger partial charge in [0.1, 0.15) is 0 Å². The second-order valence-corrected chi connectivity index (χ2v) is 3.51. The lowest BCUT2D eigenvalue weighted by Gasteiger charge is -2.14. The molecular weight excluding hydrogens is 204 g/mol. The van der Waals surface area contributed by atoms with Gasteiger partial charge in [-0.15, -0.1) is 5.10 Å². The molecule has 0 radical (unpaired) electrons. The number of aliphatic hydroxyl groups excluding tert-OH is 1. The van der Waals surface area contributed by atoms with Crippen molar-refractivity contribution in [1.29, 1.82) is 0 Å². The summed E-state index contributed by atoms with van der Waals surface area (Å²) in [5, 5.41) is 20.1. The smallest absolute Gasteiger partial charge is 0.153 e. The van der Waals surface area contributed by atoms with Crippen molar-refractivity contribution < 1.29 is 5.11 Å². The molecule has 1 aromatic heterocycles. The first kappa shape index (κ1) is 12.9. The number of aromatic nitrogens is 2. The van der Waals surface area contributed by atoms with Gasteiger partial charge in [-0.05, 0) is 18.4 Å². The predicted octanol–water partition coefficient (Wildman–Crippen LogP) is 0.464. The topological polar surface area (TPSA) is 84.1 Å². The number of hydrogen-bond acceptors (Lipinski definition) is 5. The molecule has 0 saturated heterocycles. The van der Waals surface area contributed by atoms with E-state index in [4.69, 9.17) is 10.8 Å². The molecular formula is C11H20N4O. The number of nitrogens with two attached hydrogens (primary N) is 1. The van der Waals surface area contributed by atoms with Gasteiger partial charge < -0.3 is 16.2 Å². The highest BCUT2D eigenvalue weighted by atomic mass is 16.3. The monoisotopic (exact) mass is 224 g/mol. The maximum absolute atomic E-state index is 8.78. The van der Waals surface area contributed by atoms with Crippen LogP contribution >= 0.6 is 0 Å². The highest BCUT2D eigenvalue weighted by Gasteiger charge is 2.12. The molecule has 4 N–H and O–H groups in total. The third-order valence-corrected chi connectivity index (χ3v) is 2.57. The first-order chi connectivity index (χ1) is 7.78. The van der Waals surface area contributed by atoms with Crippen LogP contribution < -0.4 is 11.1 Å². The van der Waals surface area contributed by atoms with Crippen LogP contribution in [0.2, 0.25) is 0 Å². The first-order valence-electron chi connectivity index (χ1n) is 5.70. The van der Waals surface area contributed by atoms with Crippen molar-refractivity contribution in [3.63, 3.8) is 0 Å². The third kappa shape index (κ3) is 2.68. The van der Waals surface area contributed by atoms with E-state index in [0.717, 1.165) is 24.1 Å². The Morgan fingerprint density at radius 3 is 2.44 bits per heavy atom. The lowest BCUT2D eigenvalue weighted by molar-refractivity contribution is 0.311. The van der Waals surface area contributed by atoms with Crippen molar-refractivity contribution in [2.24, 2.45) is 5.73 Å². The van der Waals surface area contributed by atoms with Crippen LogP contribution in [0.1, 0.15) is 30.7 Å². The summed E-state index contributed by atoms with van der Waals surface area (Å²) in [5.41, 5.74) is 8.96. The van der Waals surface area contributed by atoms with Crippen LogP contribution in [0.4, 0.5) is 5.82 Å². The molecule has 0 spiro atoms. The third-order valence-electron chi connectivity index (χ3n) is 2.57. The molecule has 0 fully saturated rings. The number of nitrogens with one attached hydrogen (secondary N) is 1. The van der Waals surface area contributed by atoms with Crippen molar-refractivity contribution in [2.75, 3.05) is 18.5 Å². The SMILES string of the molecule is CCc1nnc(NCCO)c(CN)c1CC. The number of aliphatic hydroxyl groups is 1. The number of rotatable bonds is 6. The number of hydrogen-bond donors (Lipinski definition) is 3.